The first-order chi connectivity index (χ1) is 18.2. The maximum Gasteiger partial charge on any atom is 0.309 e. The molecule has 2 aliphatic carbocycles. The van der Waals surface area contributed by atoms with E-state index in [0.717, 1.165) is 16.7 Å². The van der Waals surface area contributed by atoms with Crippen LogP contribution in [0.5, 0.6) is 0 Å². The quantitative estimate of drug-likeness (QED) is 0.264. The van der Waals surface area contributed by atoms with Gasteiger partial charge in [-0.3, -0.25) is 4.79 Å². The summed E-state index contributed by atoms with van der Waals surface area (Å²) < 4.78 is 25.1. The summed E-state index contributed by atoms with van der Waals surface area (Å²) in [6.45, 7) is 1.33. The fraction of sp³-hybridized carbons (Fsp3) is 0.344. The summed E-state index contributed by atoms with van der Waals surface area (Å²) in [5, 5.41) is 0. The lowest BCUT2D eigenvalue weighted by atomic mass is 9.76. The molecular formula is C32H34O5. The van der Waals surface area contributed by atoms with Crippen molar-refractivity contribution >= 4 is 5.97 Å². The minimum Gasteiger partial charge on any atom is -0.469 e. The summed E-state index contributed by atoms with van der Waals surface area (Å²) in [7, 11) is 1.46. The van der Waals surface area contributed by atoms with Gasteiger partial charge in [-0.15, -0.1) is 0 Å². The maximum absolute atomic E-state index is 12.9. The first-order valence-electron chi connectivity index (χ1n) is 13.0. The summed E-state index contributed by atoms with van der Waals surface area (Å²) in [4.78, 5) is 12.9. The zero-order valence-electron chi connectivity index (χ0n) is 21.1. The van der Waals surface area contributed by atoms with Crippen LogP contribution in [0.15, 0.2) is 103 Å². The molecule has 0 aliphatic heterocycles. The molecule has 0 saturated heterocycles. The molecule has 1 unspecified atom stereocenters. The van der Waals surface area contributed by atoms with Crippen LogP contribution >= 0.6 is 0 Å². The van der Waals surface area contributed by atoms with Gasteiger partial charge in [-0.05, 0) is 23.1 Å². The van der Waals surface area contributed by atoms with Gasteiger partial charge in [0.1, 0.15) is 6.10 Å². The Hall–Kier alpha value is -3.25. The van der Waals surface area contributed by atoms with Crippen molar-refractivity contribution in [2.75, 3.05) is 7.11 Å². The van der Waals surface area contributed by atoms with E-state index in [9.17, 15) is 4.79 Å². The van der Waals surface area contributed by atoms with Crippen LogP contribution in [0.1, 0.15) is 23.1 Å². The highest BCUT2D eigenvalue weighted by atomic mass is 16.6. The van der Waals surface area contributed by atoms with Crippen molar-refractivity contribution in [1.29, 1.82) is 0 Å². The molecule has 1 fully saturated rings. The van der Waals surface area contributed by atoms with Gasteiger partial charge in [0.25, 0.3) is 0 Å². The fourth-order valence-electron chi connectivity index (χ4n) is 5.64. The predicted octanol–water partition coefficient (Wildman–Crippen LogP) is 5.74. The Bertz CT molecular complexity index is 1150. The van der Waals surface area contributed by atoms with Crippen LogP contribution in [-0.2, 0) is 43.6 Å². The second-order valence-electron chi connectivity index (χ2n) is 9.73. The topological polar surface area (TPSA) is 54.0 Å². The van der Waals surface area contributed by atoms with Crippen molar-refractivity contribution in [2.45, 2.75) is 44.6 Å². The third-order valence-corrected chi connectivity index (χ3v) is 7.42. The summed E-state index contributed by atoms with van der Waals surface area (Å²) in [5.41, 5.74) is 3.26. The smallest absolute Gasteiger partial charge is 0.309 e. The number of esters is 1. The standard InChI is InChI=1S/C32H34O5/c1-34-32(33)27-19-11-18-26-28(27)30(36-21-24-14-7-3-8-15-24)31(37-22-25-16-9-4-10-17-25)29(26)35-20-23-12-5-2-6-13-23/h2-18,26-31H,19-22H2,1H3/t26?,27-,28-,29+,30-,31-/m0/s1. The molecule has 6 atom stereocenters. The molecule has 0 heterocycles. The molecule has 3 aromatic rings. The van der Waals surface area contributed by atoms with Crippen LogP contribution in [0.4, 0.5) is 0 Å². The van der Waals surface area contributed by atoms with Gasteiger partial charge in [-0.1, -0.05) is 103 Å². The highest BCUT2D eigenvalue weighted by Crippen LogP contribution is 2.47. The first-order valence-corrected chi connectivity index (χ1v) is 13.0. The molecule has 0 N–H and O–H groups in total. The van der Waals surface area contributed by atoms with Gasteiger partial charge in [-0.2, -0.15) is 0 Å². The molecule has 0 amide bonds. The van der Waals surface area contributed by atoms with E-state index in [2.05, 4.69) is 36.4 Å². The molecule has 2 aliphatic rings. The largest absolute Gasteiger partial charge is 0.469 e. The normalized spacial score (nSPS) is 26.5. The average molecular weight is 499 g/mol. The lowest BCUT2D eigenvalue weighted by Gasteiger charge is -2.32. The summed E-state index contributed by atoms with van der Waals surface area (Å²) >= 11 is 0. The molecule has 192 valence electrons. The molecule has 0 radical (unpaired) electrons. The molecule has 3 aromatic carbocycles. The molecule has 37 heavy (non-hydrogen) atoms. The van der Waals surface area contributed by atoms with E-state index in [1.165, 1.54) is 7.11 Å². The number of ether oxygens (including phenoxy) is 4. The van der Waals surface area contributed by atoms with Gasteiger partial charge in [0.15, 0.2) is 0 Å². The number of hydrogen-bond donors (Lipinski definition) is 0. The number of allylic oxidation sites excluding steroid dienone is 1. The number of rotatable bonds is 10. The zero-order valence-corrected chi connectivity index (χ0v) is 21.1. The fourth-order valence-corrected chi connectivity index (χ4v) is 5.64. The van der Waals surface area contributed by atoms with Crippen LogP contribution in [0.3, 0.4) is 0 Å². The van der Waals surface area contributed by atoms with Gasteiger partial charge in [0, 0.05) is 11.8 Å². The van der Waals surface area contributed by atoms with E-state index in [-0.39, 0.29) is 42.0 Å². The maximum atomic E-state index is 12.9. The molecule has 0 bridgehead atoms. The van der Waals surface area contributed by atoms with E-state index in [4.69, 9.17) is 18.9 Å². The number of methoxy groups -OCH3 is 1. The lowest BCUT2D eigenvalue weighted by molar-refractivity contribution is -0.153. The first kappa shape index (κ1) is 25.4. The van der Waals surface area contributed by atoms with E-state index in [0.29, 0.717) is 26.2 Å². The number of hydrogen-bond acceptors (Lipinski definition) is 5. The Morgan fingerprint density at radius 2 is 1.14 bits per heavy atom. The Balaban J connectivity index is 1.45. The number of fused-ring (bicyclic) bond motifs is 1. The Labute approximate surface area is 219 Å². The lowest BCUT2D eigenvalue weighted by Crippen LogP contribution is -2.40. The van der Waals surface area contributed by atoms with Crippen LogP contribution in [0.25, 0.3) is 0 Å². The zero-order chi connectivity index (χ0) is 25.5. The van der Waals surface area contributed by atoms with Crippen molar-refractivity contribution in [3.8, 4) is 0 Å². The minimum absolute atomic E-state index is 0.0249. The third-order valence-electron chi connectivity index (χ3n) is 7.42. The number of carbonyl (C=O) groups is 1. The SMILES string of the molecule is COC(=O)[C@H]1CC=CC2[C@@H]1[C@H](OCc1ccccc1)[C@@H](OCc1ccccc1)[C@@H]2OCc1ccccc1. The van der Waals surface area contributed by atoms with Crippen LogP contribution in [0, 0.1) is 17.8 Å². The van der Waals surface area contributed by atoms with Gasteiger partial charge >= 0.3 is 5.97 Å². The van der Waals surface area contributed by atoms with Gasteiger partial charge in [0.05, 0.1) is 45.1 Å². The summed E-state index contributed by atoms with van der Waals surface area (Å²) in [6.07, 6.45) is 3.94. The highest BCUT2D eigenvalue weighted by Gasteiger charge is 2.57. The Morgan fingerprint density at radius 3 is 1.62 bits per heavy atom. The Morgan fingerprint density at radius 1 is 0.676 bits per heavy atom. The molecule has 5 heteroatoms. The van der Waals surface area contributed by atoms with Crippen molar-refractivity contribution in [3.63, 3.8) is 0 Å². The van der Waals surface area contributed by atoms with Crippen molar-refractivity contribution < 1.29 is 23.7 Å². The van der Waals surface area contributed by atoms with Gasteiger partial charge < -0.3 is 18.9 Å². The molecule has 1 saturated carbocycles. The van der Waals surface area contributed by atoms with Gasteiger partial charge in [-0.25, -0.2) is 0 Å². The second kappa shape index (κ2) is 12.3. The highest BCUT2D eigenvalue weighted by molar-refractivity contribution is 5.73. The van der Waals surface area contributed by atoms with E-state index in [1.54, 1.807) is 0 Å². The number of benzene rings is 3. The van der Waals surface area contributed by atoms with E-state index in [1.807, 2.05) is 66.7 Å². The molecule has 5 nitrogen and oxygen atoms in total. The minimum atomic E-state index is -0.350. The molecular weight excluding hydrogens is 464 g/mol. The van der Waals surface area contributed by atoms with Crippen molar-refractivity contribution in [2.24, 2.45) is 17.8 Å². The molecule has 5 rings (SSSR count). The average Bonchev–Trinajstić information content (AvgIpc) is 3.27. The molecule has 0 spiro atoms. The van der Waals surface area contributed by atoms with Crippen molar-refractivity contribution in [3.05, 3.63) is 120 Å². The predicted molar refractivity (Wildman–Crippen MR) is 141 cm³/mol. The summed E-state index contributed by atoms with van der Waals surface area (Å²) in [6, 6.07) is 30.4. The van der Waals surface area contributed by atoms with E-state index < -0.39 is 0 Å². The number of carbonyl (C=O) groups excluding carboxylic acids is 1. The van der Waals surface area contributed by atoms with Crippen LogP contribution < -0.4 is 0 Å². The van der Waals surface area contributed by atoms with Gasteiger partial charge in [0.2, 0.25) is 0 Å². The van der Waals surface area contributed by atoms with E-state index >= 15 is 0 Å². The van der Waals surface area contributed by atoms with Crippen LogP contribution in [0.2, 0.25) is 0 Å². The molecule has 0 aromatic heterocycles. The second-order valence-corrected chi connectivity index (χ2v) is 9.73. The van der Waals surface area contributed by atoms with Crippen LogP contribution in [-0.4, -0.2) is 31.4 Å². The third kappa shape index (κ3) is 6.02. The monoisotopic (exact) mass is 498 g/mol. The van der Waals surface area contributed by atoms with Crippen molar-refractivity contribution in [1.82, 2.24) is 0 Å². The summed E-state index contributed by atoms with van der Waals surface area (Å²) in [5.74, 6) is -0.655. The Kier molecular flexibility index (Phi) is 8.46.